The van der Waals surface area contributed by atoms with E-state index < -0.39 is 0 Å². The van der Waals surface area contributed by atoms with Gasteiger partial charge in [0, 0.05) is 22.3 Å². The van der Waals surface area contributed by atoms with Gasteiger partial charge in [-0.15, -0.1) is 0 Å². The summed E-state index contributed by atoms with van der Waals surface area (Å²) in [5, 5.41) is 0. The van der Waals surface area contributed by atoms with Crippen LogP contribution in [0.1, 0.15) is 32.6 Å². The number of nitrogens with zero attached hydrogens (tertiary/aromatic N) is 1. The quantitative estimate of drug-likeness (QED) is 0.652. The van der Waals surface area contributed by atoms with E-state index in [0.717, 1.165) is 11.6 Å². The van der Waals surface area contributed by atoms with Crippen LogP contribution in [0, 0.1) is 9.49 Å². The Balaban J connectivity index is 2.20. The number of anilines is 2. The third-order valence-electron chi connectivity index (χ3n) is 3.92. The fourth-order valence-electron chi connectivity index (χ4n) is 2.86. The minimum atomic E-state index is 0.681. The Kier molecular flexibility index (Phi) is 4.17. The topological polar surface area (TPSA) is 29.3 Å². The van der Waals surface area contributed by atoms with Crippen LogP contribution in [-0.2, 0) is 0 Å². The predicted octanol–water partition coefficient (Wildman–Crippen LogP) is 3.89. The summed E-state index contributed by atoms with van der Waals surface area (Å²) in [5.74, 6) is 0.794. The van der Waals surface area contributed by atoms with Gasteiger partial charge in [-0.3, -0.25) is 0 Å². The molecule has 94 valence electrons. The number of halogens is 1. The SMILES string of the molecule is CC1CCCCC1N(C)c1ccc(N)cc1I. The van der Waals surface area contributed by atoms with Gasteiger partial charge in [0.05, 0.1) is 5.69 Å². The van der Waals surface area contributed by atoms with E-state index in [0.29, 0.717) is 6.04 Å². The molecule has 1 aliphatic rings. The van der Waals surface area contributed by atoms with Crippen LogP contribution >= 0.6 is 22.6 Å². The van der Waals surface area contributed by atoms with Crippen LogP contribution < -0.4 is 10.6 Å². The largest absolute Gasteiger partial charge is 0.399 e. The third-order valence-corrected chi connectivity index (χ3v) is 4.78. The van der Waals surface area contributed by atoms with Crippen LogP contribution in [0.2, 0.25) is 0 Å². The molecule has 0 spiro atoms. The molecule has 3 heteroatoms. The van der Waals surface area contributed by atoms with Gasteiger partial charge >= 0.3 is 0 Å². The van der Waals surface area contributed by atoms with Gasteiger partial charge in [0.1, 0.15) is 0 Å². The first kappa shape index (κ1) is 13.0. The van der Waals surface area contributed by atoms with E-state index >= 15 is 0 Å². The highest BCUT2D eigenvalue weighted by molar-refractivity contribution is 14.1. The van der Waals surface area contributed by atoms with Crippen molar-refractivity contribution in [1.29, 1.82) is 0 Å². The molecule has 0 radical (unpaired) electrons. The van der Waals surface area contributed by atoms with Crippen molar-refractivity contribution in [1.82, 2.24) is 0 Å². The van der Waals surface area contributed by atoms with E-state index in [4.69, 9.17) is 5.73 Å². The van der Waals surface area contributed by atoms with Crippen molar-refractivity contribution in [3.8, 4) is 0 Å². The van der Waals surface area contributed by atoms with Gasteiger partial charge in [-0.25, -0.2) is 0 Å². The fourth-order valence-corrected chi connectivity index (χ4v) is 3.78. The van der Waals surface area contributed by atoms with Crippen LogP contribution in [-0.4, -0.2) is 13.1 Å². The van der Waals surface area contributed by atoms with Crippen molar-refractivity contribution in [2.75, 3.05) is 17.7 Å². The fraction of sp³-hybridized carbons (Fsp3) is 0.571. The summed E-state index contributed by atoms with van der Waals surface area (Å²) in [7, 11) is 2.22. The maximum absolute atomic E-state index is 5.81. The Hall–Kier alpha value is -0.450. The number of hydrogen-bond donors (Lipinski definition) is 1. The van der Waals surface area contributed by atoms with E-state index in [1.54, 1.807) is 0 Å². The molecular formula is C14H21IN2. The third kappa shape index (κ3) is 2.87. The predicted molar refractivity (Wildman–Crippen MR) is 83.4 cm³/mol. The Bertz CT molecular complexity index is 392. The van der Waals surface area contributed by atoms with Crippen LogP contribution in [0.3, 0.4) is 0 Å². The highest BCUT2D eigenvalue weighted by Gasteiger charge is 2.25. The summed E-state index contributed by atoms with van der Waals surface area (Å²) < 4.78 is 1.25. The molecule has 2 N–H and O–H groups in total. The number of benzene rings is 1. The molecule has 1 fully saturated rings. The molecule has 1 aromatic rings. The Morgan fingerprint density at radius 3 is 2.65 bits per heavy atom. The maximum Gasteiger partial charge on any atom is 0.0503 e. The van der Waals surface area contributed by atoms with E-state index in [-0.39, 0.29) is 0 Å². The molecule has 2 nitrogen and oxygen atoms in total. The Morgan fingerprint density at radius 2 is 2.00 bits per heavy atom. The molecular weight excluding hydrogens is 323 g/mol. The summed E-state index contributed by atoms with van der Waals surface area (Å²) in [5.41, 5.74) is 7.98. The van der Waals surface area contributed by atoms with Gasteiger partial charge in [0.15, 0.2) is 0 Å². The van der Waals surface area contributed by atoms with Crippen LogP contribution in [0.5, 0.6) is 0 Å². The first-order chi connectivity index (χ1) is 8.09. The number of hydrogen-bond acceptors (Lipinski definition) is 2. The molecule has 0 bridgehead atoms. The average molecular weight is 344 g/mol. The van der Waals surface area contributed by atoms with Gasteiger partial charge in [-0.05, 0) is 59.5 Å². The number of nitrogen functional groups attached to an aromatic ring is 1. The molecule has 2 atom stereocenters. The van der Waals surface area contributed by atoms with Gasteiger partial charge in [0.25, 0.3) is 0 Å². The lowest BCUT2D eigenvalue weighted by molar-refractivity contribution is 0.321. The zero-order chi connectivity index (χ0) is 12.4. The Morgan fingerprint density at radius 1 is 1.29 bits per heavy atom. The second-order valence-corrected chi connectivity index (χ2v) is 6.31. The second-order valence-electron chi connectivity index (χ2n) is 5.15. The van der Waals surface area contributed by atoms with Crippen molar-refractivity contribution in [3.05, 3.63) is 21.8 Å². The molecule has 2 rings (SSSR count). The van der Waals surface area contributed by atoms with Gasteiger partial charge in [0.2, 0.25) is 0 Å². The number of nitrogens with two attached hydrogens (primary N) is 1. The lowest BCUT2D eigenvalue weighted by atomic mass is 9.85. The normalized spacial score (nSPS) is 24.6. The van der Waals surface area contributed by atoms with Crippen LogP contribution in [0.4, 0.5) is 11.4 Å². The van der Waals surface area contributed by atoms with Crippen LogP contribution in [0.15, 0.2) is 18.2 Å². The molecule has 0 aromatic heterocycles. The molecule has 2 unspecified atom stereocenters. The molecule has 1 aliphatic carbocycles. The highest BCUT2D eigenvalue weighted by Crippen LogP contribution is 2.33. The molecule has 1 aromatic carbocycles. The summed E-state index contributed by atoms with van der Waals surface area (Å²) in [6.45, 7) is 2.38. The standard InChI is InChI=1S/C14H21IN2/c1-10-5-3-4-6-13(10)17(2)14-8-7-11(16)9-12(14)15/h7-10,13H,3-6,16H2,1-2H3. The van der Waals surface area contributed by atoms with E-state index in [9.17, 15) is 0 Å². The molecule has 0 amide bonds. The Labute approximate surface area is 118 Å². The van der Waals surface area contributed by atoms with E-state index in [1.165, 1.54) is 34.9 Å². The van der Waals surface area contributed by atoms with Crippen molar-refractivity contribution >= 4 is 34.0 Å². The average Bonchev–Trinajstić information content (AvgIpc) is 2.29. The number of rotatable bonds is 2. The molecule has 1 saturated carbocycles. The molecule has 17 heavy (non-hydrogen) atoms. The second kappa shape index (κ2) is 5.46. The minimum absolute atomic E-state index is 0.681. The zero-order valence-electron chi connectivity index (χ0n) is 10.6. The summed E-state index contributed by atoms with van der Waals surface area (Å²) >= 11 is 2.38. The van der Waals surface area contributed by atoms with Gasteiger partial charge in [-0.2, -0.15) is 0 Å². The summed E-state index contributed by atoms with van der Waals surface area (Å²) in [4.78, 5) is 2.45. The highest BCUT2D eigenvalue weighted by atomic mass is 127. The first-order valence-corrected chi connectivity index (χ1v) is 7.45. The van der Waals surface area contributed by atoms with Crippen LogP contribution in [0.25, 0.3) is 0 Å². The van der Waals surface area contributed by atoms with Crippen molar-refractivity contribution in [2.45, 2.75) is 38.6 Å². The maximum atomic E-state index is 5.81. The zero-order valence-corrected chi connectivity index (χ0v) is 12.8. The minimum Gasteiger partial charge on any atom is -0.399 e. The monoisotopic (exact) mass is 344 g/mol. The van der Waals surface area contributed by atoms with Crippen molar-refractivity contribution < 1.29 is 0 Å². The molecule has 0 aliphatic heterocycles. The summed E-state index contributed by atoms with van der Waals surface area (Å²) in [6.07, 6.45) is 5.44. The van der Waals surface area contributed by atoms with Gasteiger partial charge < -0.3 is 10.6 Å². The lowest BCUT2D eigenvalue weighted by Crippen LogP contribution is -2.39. The summed E-state index contributed by atoms with van der Waals surface area (Å²) in [6, 6.07) is 6.89. The van der Waals surface area contributed by atoms with Gasteiger partial charge in [-0.1, -0.05) is 19.8 Å². The van der Waals surface area contributed by atoms with Crippen molar-refractivity contribution in [3.63, 3.8) is 0 Å². The molecule has 0 heterocycles. The van der Waals surface area contributed by atoms with Crippen molar-refractivity contribution in [2.24, 2.45) is 5.92 Å². The van der Waals surface area contributed by atoms with E-state index in [1.807, 2.05) is 6.07 Å². The first-order valence-electron chi connectivity index (χ1n) is 6.37. The molecule has 0 saturated heterocycles. The van der Waals surface area contributed by atoms with E-state index in [2.05, 4.69) is 53.6 Å². The smallest absolute Gasteiger partial charge is 0.0503 e. The lowest BCUT2D eigenvalue weighted by Gasteiger charge is -2.38.